The van der Waals surface area contributed by atoms with Crippen molar-refractivity contribution in [3.8, 4) is 17.2 Å². The molecule has 0 bridgehead atoms. The minimum atomic E-state index is -0.796. The van der Waals surface area contributed by atoms with Crippen molar-refractivity contribution in [2.45, 2.75) is 58.1 Å². The Kier molecular flexibility index (Phi) is 8.25. The average molecular weight is 600 g/mol. The van der Waals surface area contributed by atoms with Gasteiger partial charge in [0.15, 0.2) is 17.6 Å². The molecular weight excluding hydrogens is 569 g/mol. The molecule has 0 radical (unpaired) electrons. The van der Waals surface area contributed by atoms with Gasteiger partial charge >= 0.3 is 12.1 Å². The Morgan fingerprint density at radius 1 is 0.976 bits per heavy atom. The second-order valence-electron chi connectivity index (χ2n) is 10.9. The number of esters is 1. The fourth-order valence-electron chi connectivity index (χ4n) is 4.75. The van der Waals surface area contributed by atoms with E-state index in [9.17, 15) is 9.59 Å². The van der Waals surface area contributed by atoms with Crippen molar-refractivity contribution >= 4 is 35.3 Å². The molecule has 10 heteroatoms. The molecule has 2 atom stereocenters. The molecule has 0 saturated heterocycles. The van der Waals surface area contributed by atoms with Crippen LogP contribution in [0.3, 0.4) is 0 Å². The number of hydrogen-bond acceptors (Lipinski definition) is 7. The van der Waals surface area contributed by atoms with Crippen LogP contribution in [-0.4, -0.2) is 42.3 Å². The molecular formula is C31H31Cl2NO7. The third-order valence-corrected chi connectivity index (χ3v) is 7.54. The quantitative estimate of drug-likeness (QED) is 0.294. The average Bonchev–Trinajstić information content (AvgIpc) is 2.94. The molecule has 1 amide bonds. The first kappa shape index (κ1) is 28.9. The van der Waals surface area contributed by atoms with Crippen LogP contribution in [0.2, 0.25) is 10.0 Å². The Morgan fingerprint density at radius 3 is 2.39 bits per heavy atom. The molecule has 0 fully saturated rings. The second-order valence-corrected chi connectivity index (χ2v) is 11.8. The molecule has 2 aliphatic rings. The molecule has 0 aliphatic carbocycles. The van der Waals surface area contributed by atoms with Gasteiger partial charge in [0.05, 0.1) is 23.7 Å². The standard InChI is InChI=1S/C31H31Cl2NO7/c1-31(2,3)41-30(36)34-15-21-14-27-26(13-20(21)12-25(34)29(35)37-4)39-17-28(40-27)19-6-8-22(9-7-19)38-16-18-5-10-23(32)24(33)11-18/h5-11,13-14,25,28H,12,15-17H2,1-4H3/t25-,28-/m0/s1. The molecule has 0 aromatic heterocycles. The highest BCUT2D eigenvalue weighted by Crippen LogP contribution is 2.41. The molecule has 3 aromatic rings. The highest BCUT2D eigenvalue weighted by molar-refractivity contribution is 6.42. The van der Waals surface area contributed by atoms with Gasteiger partial charge < -0.3 is 23.7 Å². The van der Waals surface area contributed by atoms with Crippen molar-refractivity contribution in [2.24, 2.45) is 0 Å². The van der Waals surface area contributed by atoms with E-state index in [4.69, 9.17) is 46.9 Å². The predicted molar refractivity (Wildman–Crippen MR) is 154 cm³/mol. The van der Waals surface area contributed by atoms with Gasteiger partial charge in [-0.3, -0.25) is 4.90 Å². The van der Waals surface area contributed by atoms with E-state index in [1.807, 2.05) is 42.5 Å². The Bertz CT molecular complexity index is 1450. The summed E-state index contributed by atoms with van der Waals surface area (Å²) in [5.41, 5.74) is 2.88. The summed E-state index contributed by atoms with van der Waals surface area (Å²) >= 11 is 12.1. The molecule has 2 aliphatic heterocycles. The van der Waals surface area contributed by atoms with Crippen LogP contribution in [0.1, 0.15) is 49.1 Å². The number of benzene rings is 3. The fourth-order valence-corrected chi connectivity index (χ4v) is 5.07. The lowest BCUT2D eigenvalue weighted by Gasteiger charge is -2.37. The molecule has 3 aromatic carbocycles. The van der Waals surface area contributed by atoms with Crippen molar-refractivity contribution < 1.29 is 33.3 Å². The summed E-state index contributed by atoms with van der Waals surface area (Å²) in [5, 5.41) is 0.988. The molecule has 2 heterocycles. The summed E-state index contributed by atoms with van der Waals surface area (Å²) < 4.78 is 28.8. The van der Waals surface area contributed by atoms with E-state index in [1.165, 1.54) is 12.0 Å². The topological polar surface area (TPSA) is 83.5 Å². The fraction of sp³-hybridized carbons (Fsp3) is 0.355. The van der Waals surface area contributed by atoms with Gasteiger partial charge in [0.1, 0.15) is 30.6 Å². The Morgan fingerprint density at radius 2 is 1.71 bits per heavy atom. The number of methoxy groups -OCH3 is 1. The van der Waals surface area contributed by atoms with Gasteiger partial charge in [-0.1, -0.05) is 41.4 Å². The molecule has 5 rings (SSSR count). The van der Waals surface area contributed by atoms with Gasteiger partial charge in [-0.25, -0.2) is 9.59 Å². The summed E-state index contributed by atoms with van der Waals surface area (Å²) in [5.74, 6) is 1.37. The van der Waals surface area contributed by atoms with E-state index in [0.29, 0.717) is 40.5 Å². The SMILES string of the molecule is COC(=O)[C@@H]1Cc2cc3c(cc2CN1C(=O)OC(C)(C)C)O[C@H](c1ccc(OCc2ccc(Cl)c(Cl)c2)cc1)CO3. The molecule has 8 nitrogen and oxygen atoms in total. The number of ether oxygens (including phenoxy) is 5. The Labute approximate surface area is 249 Å². The zero-order valence-corrected chi connectivity index (χ0v) is 24.8. The first-order valence-corrected chi connectivity index (χ1v) is 14.0. The van der Waals surface area contributed by atoms with Gasteiger partial charge in [-0.05, 0) is 79.4 Å². The highest BCUT2D eigenvalue weighted by atomic mass is 35.5. The molecule has 0 spiro atoms. The Hall–Kier alpha value is -3.62. The normalized spacial score (nSPS) is 17.9. The summed E-state index contributed by atoms with van der Waals surface area (Å²) in [6.07, 6.45) is -0.629. The highest BCUT2D eigenvalue weighted by Gasteiger charge is 2.39. The smallest absolute Gasteiger partial charge is 0.411 e. The zero-order chi connectivity index (χ0) is 29.3. The second kappa shape index (κ2) is 11.7. The number of amides is 1. The summed E-state index contributed by atoms with van der Waals surface area (Å²) in [4.78, 5) is 27.0. The van der Waals surface area contributed by atoms with E-state index < -0.39 is 23.7 Å². The van der Waals surface area contributed by atoms with E-state index in [2.05, 4.69) is 0 Å². The van der Waals surface area contributed by atoms with Gasteiger partial charge in [0, 0.05) is 6.42 Å². The van der Waals surface area contributed by atoms with Crippen molar-refractivity contribution in [1.29, 1.82) is 0 Å². The van der Waals surface area contributed by atoms with Gasteiger partial charge in [-0.15, -0.1) is 0 Å². The van der Waals surface area contributed by atoms with Crippen LogP contribution in [0, 0.1) is 0 Å². The monoisotopic (exact) mass is 599 g/mol. The van der Waals surface area contributed by atoms with Gasteiger partial charge in [0.2, 0.25) is 0 Å². The number of nitrogens with zero attached hydrogens (tertiary/aromatic N) is 1. The van der Waals surface area contributed by atoms with Crippen LogP contribution in [0.15, 0.2) is 54.6 Å². The first-order chi connectivity index (χ1) is 19.5. The lowest BCUT2D eigenvalue weighted by atomic mass is 9.93. The molecule has 0 saturated carbocycles. The van der Waals surface area contributed by atoms with Crippen LogP contribution in [0.25, 0.3) is 0 Å². The van der Waals surface area contributed by atoms with Crippen LogP contribution in [0.5, 0.6) is 17.2 Å². The number of halogens is 2. The Balaban J connectivity index is 1.29. The maximum Gasteiger partial charge on any atom is 0.411 e. The predicted octanol–water partition coefficient (Wildman–Crippen LogP) is 6.92. The van der Waals surface area contributed by atoms with E-state index in [-0.39, 0.29) is 19.1 Å². The lowest BCUT2D eigenvalue weighted by Crippen LogP contribution is -2.50. The minimum Gasteiger partial charge on any atom is -0.489 e. The third-order valence-electron chi connectivity index (χ3n) is 6.80. The maximum atomic E-state index is 13.0. The van der Waals surface area contributed by atoms with Crippen molar-refractivity contribution in [1.82, 2.24) is 4.90 Å². The van der Waals surface area contributed by atoms with Crippen LogP contribution < -0.4 is 14.2 Å². The van der Waals surface area contributed by atoms with E-state index >= 15 is 0 Å². The molecule has 216 valence electrons. The maximum absolute atomic E-state index is 13.0. The van der Waals surface area contributed by atoms with Crippen molar-refractivity contribution in [3.05, 3.63) is 86.9 Å². The zero-order valence-electron chi connectivity index (χ0n) is 23.2. The largest absolute Gasteiger partial charge is 0.489 e. The summed E-state index contributed by atoms with van der Waals surface area (Å²) in [6, 6.07) is 16.0. The summed E-state index contributed by atoms with van der Waals surface area (Å²) in [7, 11) is 1.31. The minimum absolute atomic E-state index is 0.177. The number of rotatable bonds is 5. The van der Waals surface area contributed by atoms with Crippen LogP contribution in [0.4, 0.5) is 4.79 Å². The van der Waals surface area contributed by atoms with Crippen LogP contribution in [-0.2, 0) is 33.8 Å². The van der Waals surface area contributed by atoms with E-state index in [1.54, 1.807) is 32.9 Å². The number of carbonyl (C=O) groups excluding carboxylic acids is 2. The number of carbonyl (C=O) groups is 2. The molecule has 0 unspecified atom stereocenters. The first-order valence-electron chi connectivity index (χ1n) is 13.2. The van der Waals surface area contributed by atoms with Crippen molar-refractivity contribution in [2.75, 3.05) is 13.7 Å². The lowest BCUT2D eigenvalue weighted by molar-refractivity contribution is -0.147. The summed E-state index contributed by atoms with van der Waals surface area (Å²) in [6.45, 7) is 6.20. The van der Waals surface area contributed by atoms with E-state index in [0.717, 1.165) is 22.3 Å². The van der Waals surface area contributed by atoms with Crippen molar-refractivity contribution in [3.63, 3.8) is 0 Å². The third kappa shape index (κ3) is 6.66. The number of hydrogen-bond donors (Lipinski definition) is 0. The number of fused-ring (bicyclic) bond motifs is 2. The van der Waals surface area contributed by atoms with Crippen LogP contribution >= 0.6 is 23.2 Å². The van der Waals surface area contributed by atoms with Gasteiger partial charge in [0.25, 0.3) is 0 Å². The van der Waals surface area contributed by atoms with Gasteiger partial charge in [-0.2, -0.15) is 0 Å². The molecule has 41 heavy (non-hydrogen) atoms. The molecule has 0 N–H and O–H groups in total.